The number of amides is 1. The van der Waals surface area contributed by atoms with Gasteiger partial charge in [-0.1, -0.05) is 42.5 Å². The van der Waals surface area contributed by atoms with Crippen molar-refractivity contribution >= 4 is 22.0 Å². The van der Waals surface area contributed by atoms with Gasteiger partial charge in [0.15, 0.2) is 0 Å². The number of hydrogen-bond acceptors (Lipinski definition) is 4. The smallest absolute Gasteiger partial charge is 0.410 e. The maximum Gasteiger partial charge on any atom is 0.410 e. The summed E-state index contributed by atoms with van der Waals surface area (Å²) in [5.41, 5.74) is 1.91. The van der Waals surface area contributed by atoms with Gasteiger partial charge < -0.3 is 14.4 Å². The number of nitrogens with zero attached hydrogens (tertiary/aromatic N) is 2. The first-order chi connectivity index (χ1) is 14.8. The number of benzene rings is 2. The number of halogens is 1. The minimum absolute atomic E-state index is 0.0637. The van der Waals surface area contributed by atoms with Crippen LogP contribution in [0.1, 0.15) is 44.7 Å². The van der Waals surface area contributed by atoms with Crippen LogP contribution >= 0.6 is 15.9 Å². The van der Waals surface area contributed by atoms with Crippen molar-refractivity contribution in [1.82, 2.24) is 9.80 Å². The van der Waals surface area contributed by atoms with Crippen LogP contribution in [0.5, 0.6) is 5.75 Å². The van der Waals surface area contributed by atoms with Gasteiger partial charge in [0.1, 0.15) is 18.0 Å². The Balaban J connectivity index is 1.44. The third-order valence-electron chi connectivity index (χ3n) is 5.91. The fourth-order valence-electron chi connectivity index (χ4n) is 4.14. The van der Waals surface area contributed by atoms with Crippen molar-refractivity contribution in [2.75, 3.05) is 19.6 Å². The average Bonchev–Trinajstić information content (AvgIpc) is 3.48. The Labute approximate surface area is 193 Å². The van der Waals surface area contributed by atoms with Gasteiger partial charge in [-0.3, -0.25) is 4.90 Å². The van der Waals surface area contributed by atoms with E-state index in [1.165, 1.54) is 5.56 Å². The minimum atomic E-state index is -0.466. The Morgan fingerprint density at radius 1 is 1.06 bits per heavy atom. The molecule has 1 saturated carbocycles. The molecule has 1 saturated heterocycles. The predicted molar refractivity (Wildman–Crippen MR) is 125 cm³/mol. The van der Waals surface area contributed by atoms with Crippen molar-refractivity contribution in [3.05, 3.63) is 64.1 Å². The van der Waals surface area contributed by atoms with Crippen molar-refractivity contribution in [2.45, 2.75) is 57.9 Å². The summed E-state index contributed by atoms with van der Waals surface area (Å²) in [4.78, 5) is 17.0. The highest BCUT2D eigenvalue weighted by Crippen LogP contribution is 2.46. The fourth-order valence-corrected chi connectivity index (χ4v) is 4.66. The number of carbonyl (C=O) groups is 1. The summed E-state index contributed by atoms with van der Waals surface area (Å²) in [6.45, 7) is 9.35. The molecule has 5 nitrogen and oxygen atoms in total. The Morgan fingerprint density at radius 2 is 1.81 bits per heavy atom. The first kappa shape index (κ1) is 22.2. The lowest BCUT2D eigenvalue weighted by Crippen LogP contribution is -2.56. The number of para-hydroxylation sites is 1. The zero-order valence-electron chi connectivity index (χ0n) is 18.6. The summed E-state index contributed by atoms with van der Waals surface area (Å²) in [6, 6.07) is 16.4. The van der Waals surface area contributed by atoms with Crippen molar-refractivity contribution in [3.63, 3.8) is 0 Å². The molecule has 1 aliphatic heterocycles. The van der Waals surface area contributed by atoms with Crippen LogP contribution in [-0.2, 0) is 17.9 Å². The summed E-state index contributed by atoms with van der Waals surface area (Å²) in [5, 5.41) is 0. The molecular weight excluding hydrogens is 456 g/mol. The first-order valence-electron chi connectivity index (χ1n) is 10.9. The van der Waals surface area contributed by atoms with Gasteiger partial charge in [0.05, 0.1) is 4.47 Å². The van der Waals surface area contributed by atoms with E-state index in [0.29, 0.717) is 13.2 Å². The highest BCUT2D eigenvalue weighted by Gasteiger charge is 2.52. The second-order valence-electron chi connectivity index (χ2n) is 9.55. The van der Waals surface area contributed by atoms with E-state index in [-0.39, 0.29) is 11.6 Å². The minimum Gasteiger partial charge on any atom is -0.487 e. The molecule has 1 spiro atoms. The number of piperazine rings is 1. The number of rotatable bonds is 5. The molecule has 0 unspecified atom stereocenters. The summed E-state index contributed by atoms with van der Waals surface area (Å²) in [6.07, 6.45) is 2.02. The Kier molecular flexibility index (Phi) is 6.31. The fraction of sp³-hybridized carbons (Fsp3) is 0.480. The van der Waals surface area contributed by atoms with E-state index >= 15 is 0 Å². The van der Waals surface area contributed by atoms with E-state index in [4.69, 9.17) is 9.47 Å². The number of ether oxygens (including phenoxy) is 2. The summed E-state index contributed by atoms with van der Waals surface area (Å²) in [7, 11) is 0. The largest absolute Gasteiger partial charge is 0.487 e. The van der Waals surface area contributed by atoms with Crippen LogP contribution < -0.4 is 4.74 Å². The molecule has 0 atom stereocenters. The zero-order chi connectivity index (χ0) is 22.1. The molecule has 2 aliphatic rings. The van der Waals surface area contributed by atoms with Gasteiger partial charge >= 0.3 is 6.09 Å². The third-order valence-corrected chi connectivity index (χ3v) is 6.53. The maximum atomic E-state index is 12.6. The molecule has 0 aromatic heterocycles. The summed E-state index contributed by atoms with van der Waals surface area (Å²) < 4.78 is 12.8. The zero-order valence-corrected chi connectivity index (χ0v) is 20.2. The molecule has 1 amide bonds. The van der Waals surface area contributed by atoms with E-state index < -0.39 is 5.60 Å². The Morgan fingerprint density at radius 3 is 2.48 bits per heavy atom. The quantitative estimate of drug-likeness (QED) is 0.550. The molecule has 2 aromatic rings. The van der Waals surface area contributed by atoms with Crippen LogP contribution in [0, 0.1) is 0 Å². The van der Waals surface area contributed by atoms with Crippen molar-refractivity contribution in [1.29, 1.82) is 0 Å². The van der Waals surface area contributed by atoms with Gasteiger partial charge in [-0.2, -0.15) is 0 Å². The van der Waals surface area contributed by atoms with Crippen LogP contribution in [0.25, 0.3) is 0 Å². The first-order valence-corrected chi connectivity index (χ1v) is 11.7. The Hall–Kier alpha value is -2.05. The van der Waals surface area contributed by atoms with Crippen LogP contribution in [0.2, 0.25) is 0 Å². The van der Waals surface area contributed by atoms with Gasteiger partial charge in [-0.15, -0.1) is 0 Å². The molecule has 0 radical (unpaired) electrons. The van der Waals surface area contributed by atoms with Crippen LogP contribution in [0.4, 0.5) is 4.79 Å². The lowest BCUT2D eigenvalue weighted by atomic mass is 10.1. The predicted octanol–water partition coefficient (Wildman–Crippen LogP) is 5.61. The second kappa shape index (κ2) is 8.83. The summed E-state index contributed by atoms with van der Waals surface area (Å²) >= 11 is 3.67. The molecule has 6 heteroatoms. The molecule has 0 N–H and O–H groups in total. The van der Waals surface area contributed by atoms with Crippen LogP contribution in [0.3, 0.4) is 0 Å². The van der Waals surface area contributed by atoms with Gasteiger partial charge in [0.25, 0.3) is 0 Å². The SMILES string of the molecule is CC(C)(C)OC(=O)N1CCN(Cc2cccc(Br)c2OCc2ccccc2)C2(CC2)C1. The molecule has 2 fully saturated rings. The molecule has 1 aliphatic carbocycles. The Bertz CT molecular complexity index is 922. The molecule has 1 heterocycles. The molecule has 0 bridgehead atoms. The third kappa shape index (κ3) is 5.42. The average molecular weight is 487 g/mol. The molecule has 2 aromatic carbocycles. The van der Waals surface area contributed by atoms with E-state index in [9.17, 15) is 4.79 Å². The molecule has 166 valence electrons. The van der Waals surface area contributed by atoms with Gasteiger partial charge in [-0.05, 0) is 61.2 Å². The van der Waals surface area contributed by atoms with Gasteiger partial charge in [0.2, 0.25) is 0 Å². The van der Waals surface area contributed by atoms with E-state index in [1.807, 2.05) is 49.9 Å². The number of hydrogen-bond donors (Lipinski definition) is 0. The van der Waals surface area contributed by atoms with Crippen LogP contribution in [-0.4, -0.2) is 46.7 Å². The van der Waals surface area contributed by atoms with Crippen molar-refractivity contribution < 1.29 is 14.3 Å². The van der Waals surface area contributed by atoms with E-state index in [0.717, 1.165) is 48.3 Å². The molecule has 4 rings (SSSR count). The normalized spacial score (nSPS) is 18.1. The van der Waals surface area contributed by atoms with Crippen molar-refractivity contribution in [3.8, 4) is 5.75 Å². The van der Waals surface area contributed by atoms with Crippen molar-refractivity contribution in [2.24, 2.45) is 0 Å². The highest BCUT2D eigenvalue weighted by atomic mass is 79.9. The van der Waals surface area contributed by atoms with E-state index in [1.54, 1.807) is 0 Å². The number of carbonyl (C=O) groups excluding carboxylic acids is 1. The monoisotopic (exact) mass is 486 g/mol. The highest BCUT2D eigenvalue weighted by molar-refractivity contribution is 9.10. The van der Waals surface area contributed by atoms with Crippen LogP contribution in [0.15, 0.2) is 53.0 Å². The molecular formula is C25H31BrN2O3. The van der Waals surface area contributed by atoms with Gasteiger partial charge in [0, 0.05) is 37.3 Å². The second-order valence-corrected chi connectivity index (χ2v) is 10.4. The summed E-state index contributed by atoms with van der Waals surface area (Å²) in [5.74, 6) is 0.900. The van der Waals surface area contributed by atoms with Gasteiger partial charge in [-0.25, -0.2) is 4.79 Å². The lowest BCUT2D eigenvalue weighted by molar-refractivity contribution is -0.00256. The maximum absolute atomic E-state index is 12.6. The standard InChI is InChI=1S/C25H31BrN2O3/c1-24(2,3)31-23(29)27-14-15-28(25(18-27)12-13-25)16-20-10-7-11-21(26)22(20)30-17-19-8-5-4-6-9-19/h4-11H,12-18H2,1-3H3. The topological polar surface area (TPSA) is 42.0 Å². The molecule has 31 heavy (non-hydrogen) atoms. The van der Waals surface area contributed by atoms with E-state index in [2.05, 4.69) is 45.1 Å². The lowest BCUT2D eigenvalue weighted by Gasteiger charge is -2.42.